The highest BCUT2D eigenvalue weighted by molar-refractivity contribution is 9.10. The molecule has 4 rings (SSSR count). The Morgan fingerprint density at radius 2 is 2.24 bits per heavy atom. The quantitative estimate of drug-likeness (QED) is 0.628. The van der Waals surface area contributed by atoms with Crippen LogP contribution in [0.5, 0.6) is 0 Å². The minimum Gasteiger partial charge on any atom is -0.337 e. The highest BCUT2D eigenvalue weighted by Crippen LogP contribution is 2.32. The van der Waals surface area contributed by atoms with Crippen LogP contribution in [0.25, 0.3) is 10.7 Å². The van der Waals surface area contributed by atoms with E-state index in [2.05, 4.69) is 31.4 Å². The van der Waals surface area contributed by atoms with Crippen molar-refractivity contribution in [1.82, 2.24) is 20.4 Å². The van der Waals surface area contributed by atoms with Crippen LogP contribution in [0.1, 0.15) is 18.4 Å². The maximum atomic E-state index is 12.8. The molecule has 0 aromatic carbocycles. The Morgan fingerprint density at radius 1 is 1.40 bits per heavy atom. The molecular weight excluding hydrogens is 428 g/mol. The lowest BCUT2D eigenvalue weighted by molar-refractivity contribution is -0.131. The van der Waals surface area contributed by atoms with E-state index in [1.165, 1.54) is 22.7 Å². The average molecular weight is 439 g/mol. The normalized spacial score (nSPS) is 20.3. The summed E-state index contributed by atoms with van der Waals surface area (Å²) >= 11 is 6.31. The molecule has 1 fully saturated rings. The summed E-state index contributed by atoms with van der Waals surface area (Å²) in [6, 6.07) is 3.23. The van der Waals surface area contributed by atoms with Crippen LogP contribution in [-0.2, 0) is 16.9 Å². The molecule has 0 bridgehead atoms. The van der Waals surface area contributed by atoms with Crippen molar-refractivity contribution in [3.63, 3.8) is 0 Å². The standard InChI is InChI=1S/C15H11BrN4O3S2/c1-15(8-2-3-24-6-8)13(21)20(14(22)18-15)5-11-17-12(19-23-11)10-4-9(16)7-25-10/h2-4,6-7H,5H2,1H3,(H,18,22). The van der Waals surface area contributed by atoms with Crippen molar-refractivity contribution >= 4 is 50.5 Å². The van der Waals surface area contributed by atoms with Crippen LogP contribution in [-0.4, -0.2) is 27.0 Å². The van der Waals surface area contributed by atoms with Crippen LogP contribution in [0.2, 0.25) is 0 Å². The molecule has 10 heteroatoms. The fourth-order valence-electron chi connectivity index (χ4n) is 2.57. The van der Waals surface area contributed by atoms with Gasteiger partial charge < -0.3 is 9.84 Å². The number of amides is 3. The van der Waals surface area contributed by atoms with Gasteiger partial charge in [-0.2, -0.15) is 16.3 Å². The van der Waals surface area contributed by atoms with Gasteiger partial charge in [0.25, 0.3) is 5.91 Å². The average Bonchev–Trinajstić information content (AvgIpc) is 3.34. The predicted molar refractivity (Wildman–Crippen MR) is 96.1 cm³/mol. The number of nitrogens with one attached hydrogen (secondary N) is 1. The number of carbonyl (C=O) groups excluding carboxylic acids is 2. The van der Waals surface area contributed by atoms with Gasteiger partial charge in [-0.3, -0.25) is 9.69 Å². The number of aromatic nitrogens is 2. The van der Waals surface area contributed by atoms with Crippen LogP contribution < -0.4 is 5.32 Å². The SMILES string of the molecule is CC1(c2ccsc2)NC(=O)N(Cc2nc(-c3cc(Br)cs3)no2)C1=O. The Bertz CT molecular complexity index is 952. The topological polar surface area (TPSA) is 88.3 Å². The van der Waals surface area contributed by atoms with Gasteiger partial charge in [0.15, 0.2) is 0 Å². The number of hydrogen-bond donors (Lipinski definition) is 1. The van der Waals surface area contributed by atoms with Crippen molar-refractivity contribution in [3.05, 3.63) is 44.2 Å². The van der Waals surface area contributed by atoms with Gasteiger partial charge in [0, 0.05) is 9.85 Å². The zero-order valence-corrected chi connectivity index (χ0v) is 16.1. The molecule has 0 radical (unpaired) electrons. The maximum absolute atomic E-state index is 12.8. The second-order valence-electron chi connectivity index (χ2n) is 5.60. The molecule has 1 aliphatic rings. The Kier molecular flexibility index (Phi) is 3.97. The molecule has 3 aromatic rings. The monoisotopic (exact) mass is 438 g/mol. The van der Waals surface area contributed by atoms with Crippen LogP contribution in [0.15, 0.2) is 37.3 Å². The van der Waals surface area contributed by atoms with E-state index in [-0.39, 0.29) is 18.3 Å². The molecule has 3 amide bonds. The summed E-state index contributed by atoms with van der Waals surface area (Å²) in [6.07, 6.45) is 0. The van der Waals surface area contributed by atoms with Crippen molar-refractivity contribution in [2.75, 3.05) is 0 Å². The smallest absolute Gasteiger partial charge is 0.325 e. The molecule has 1 aliphatic heterocycles. The molecule has 25 heavy (non-hydrogen) atoms. The number of hydrogen-bond acceptors (Lipinski definition) is 7. The summed E-state index contributed by atoms with van der Waals surface area (Å²) in [5, 5.41) is 12.3. The second-order valence-corrected chi connectivity index (χ2v) is 8.21. The summed E-state index contributed by atoms with van der Waals surface area (Å²) in [7, 11) is 0. The largest absolute Gasteiger partial charge is 0.337 e. The first kappa shape index (κ1) is 16.4. The van der Waals surface area contributed by atoms with Crippen molar-refractivity contribution < 1.29 is 14.1 Å². The lowest BCUT2D eigenvalue weighted by atomic mass is 9.95. The van der Waals surface area contributed by atoms with E-state index >= 15 is 0 Å². The lowest BCUT2D eigenvalue weighted by Crippen LogP contribution is -2.40. The number of carbonyl (C=O) groups is 2. The molecule has 3 aromatic heterocycles. The Hall–Kier alpha value is -2.04. The third kappa shape index (κ3) is 2.79. The third-order valence-corrected chi connectivity index (χ3v) is 6.29. The summed E-state index contributed by atoms with van der Waals surface area (Å²) in [5.41, 5.74) is -0.313. The minimum atomic E-state index is -1.07. The molecule has 1 atom stereocenters. The number of rotatable bonds is 4. The third-order valence-electron chi connectivity index (χ3n) is 3.92. The first-order valence-electron chi connectivity index (χ1n) is 7.21. The molecule has 1 unspecified atom stereocenters. The van der Waals surface area contributed by atoms with E-state index in [1.54, 1.807) is 6.92 Å². The van der Waals surface area contributed by atoms with Crippen LogP contribution in [0.4, 0.5) is 4.79 Å². The number of imide groups is 1. The fourth-order valence-corrected chi connectivity index (χ4v) is 4.69. The van der Waals surface area contributed by atoms with Gasteiger partial charge >= 0.3 is 6.03 Å². The van der Waals surface area contributed by atoms with Gasteiger partial charge in [-0.1, -0.05) is 5.16 Å². The van der Waals surface area contributed by atoms with E-state index in [0.717, 1.165) is 19.8 Å². The van der Waals surface area contributed by atoms with Crippen molar-refractivity contribution in [3.8, 4) is 10.7 Å². The maximum Gasteiger partial charge on any atom is 0.325 e. The summed E-state index contributed by atoms with van der Waals surface area (Å²) in [5.74, 6) is 0.297. The first-order chi connectivity index (χ1) is 12.0. The molecule has 0 saturated carbocycles. The molecule has 7 nitrogen and oxygen atoms in total. The van der Waals surface area contributed by atoms with Crippen molar-refractivity contribution in [1.29, 1.82) is 0 Å². The van der Waals surface area contributed by atoms with E-state index in [1.807, 2.05) is 28.3 Å². The Morgan fingerprint density at radius 3 is 2.92 bits per heavy atom. The highest BCUT2D eigenvalue weighted by Gasteiger charge is 2.49. The summed E-state index contributed by atoms with van der Waals surface area (Å²) in [6.45, 7) is 1.63. The van der Waals surface area contributed by atoms with E-state index in [0.29, 0.717) is 5.82 Å². The molecule has 4 heterocycles. The highest BCUT2D eigenvalue weighted by atomic mass is 79.9. The number of urea groups is 1. The first-order valence-corrected chi connectivity index (χ1v) is 9.83. The number of thiophene rings is 2. The molecular formula is C15H11BrN4O3S2. The predicted octanol–water partition coefficient (Wildman–Crippen LogP) is 3.59. The number of halogens is 1. The van der Waals surface area contributed by atoms with E-state index in [4.69, 9.17) is 4.52 Å². The van der Waals surface area contributed by atoms with Gasteiger partial charge in [0.05, 0.1) is 4.88 Å². The summed E-state index contributed by atoms with van der Waals surface area (Å²) in [4.78, 5) is 31.3. The Labute approximate surface area is 158 Å². The van der Waals surface area contributed by atoms with Gasteiger partial charge in [0.2, 0.25) is 11.7 Å². The van der Waals surface area contributed by atoms with E-state index < -0.39 is 11.6 Å². The zero-order valence-electron chi connectivity index (χ0n) is 12.9. The van der Waals surface area contributed by atoms with Gasteiger partial charge in [-0.25, -0.2) is 4.79 Å². The van der Waals surface area contributed by atoms with Crippen molar-refractivity contribution in [2.45, 2.75) is 19.0 Å². The van der Waals surface area contributed by atoms with Gasteiger partial charge in [-0.05, 0) is 51.3 Å². The molecule has 128 valence electrons. The lowest BCUT2D eigenvalue weighted by Gasteiger charge is -2.20. The molecule has 0 aliphatic carbocycles. The van der Waals surface area contributed by atoms with Crippen LogP contribution in [0.3, 0.4) is 0 Å². The van der Waals surface area contributed by atoms with Gasteiger partial charge in [0.1, 0.15) is 12.1 Å². The minimum absolute atomic E-state index is 0.0655. The fraction of sp³-hybridized carbons (Fsp3) is 0.200. The molecule has 1 N–H and O–H groups in total. The molecule has 1 saturated heterocycles. The number of nitrogens with zero attached hydrogens (tertiary/aromatic N) is 3. The zero-order chi connectivity index (χ0) is 17.6. The Balaban J connectivity index is 1.56. The van der Waals surface area contributed by atoms with Gasteiger partial charge in [-0.15, -0.1) is 11.3 Å². The van der Waals surface area contributed by atoms with Crippen LogP contribution in [0, 0.1) is 0 Å². The second kappa shape index (κ2) is 6.04. The van der Waals surface area contributed by atoms with E-state index in [9.17, 15) is 9.59 Å². The van der Waals surface area contributed by atoms with Crippen LogP contribution >= 0.6 is 38.6 Å². The summed E-state index contributed by atoms with van der Waals surface area (Å²) < 4.78 is 6.13. The van der Waals surface area contributed by atoms with Crippen molar-refractivity contribution in [2.24, 2.45) is 0 Å². The molecule has 0 spiro atoms.